The molecule has 98 valence electrons. The van der Waals surface area contributed by atoms with Gasteiger partial charge in [-0.15, -0.1) is 22.9 Å². The maximum absolute atomic E-state index is 12.0. The van der Waals surface area contributed by atoms with Gasteiger partial charge in [0.05, 0.1) is 9.54 Å². The Morgan fingerprint density at radius 2 is 2.24 bits per heavy atom. The molecule has 0 amide bonds. The minimum Gasteiger partial charge on any atom is -0.212 e. The van der Waals surface area contributed by atoms with E-state index in [0.29, 0.717) is 12.4 Å². The first-order valence-corrected chi connectivity index (χ1v) is 8.89. The van der Waals surface area contributed by atoms with Crippen LogP contribution < -0.4 is 0 Å². The molecule has 1 rings (SSSR count). The zero-order valence-electron chi connectivity index (χ0n) is 9.69. The van der Waals surface area contributed by atoms with Gasteiger partial charge in [0.15, 0.2) is 0 Å². The van der Waals surface area contributed by atoms with Gasteiger partial charge in [-0.2, -0.15) is 0 Å². The van der Waals surface area contributed by atoms with Crippen molar-refractivity contribution in [2.45, 2.75) is 13.5 Å². The standard InChI is InChI=1S/C10H15BrClNO2S2/c1-8(4-12)7-17(14,15)13(2)5-9-3-10(11)16-6-9/h3,6,8H,4-5,7H2,1-2H3. The van der Waals surface area contributed by atoms with E-state index in [0.717, 1.165) is 9.35 Å². The lowest BCUT2D eigenvalue weighted by Gasteiger charge is -2.18. The molecule has 17 heavy (non-hydrogen) atoms. The molecule has 3 nitrogen and oxygen atoms in total. The van der Waals surface area contributed by atoms with Crippen LogP contribution >= 0.6 is 38.9 Å². The first kappa shape index (κ1) is 15.4. The second kappa shape index (κ2) is 6.52. The van der Waals surface area contributed by atoms with Crippen molar-refractivity contribution in [1.29, 1.82) is 0 Å². The molecule has 0 bridgehead atoms. The molecule has 1 heterocycles. The molecule has 1 unspecified atom stereocenters. The van der Waals surface area contributed by atoms with Crippen LogP contribution in [0, 0.1) is 5.92 Å². The van der Waals surface area contributed by atoms with Gasteiger partial charge in [-0.3, -0.25) is 0 Å². The van der Waals surface area contributed by atoms with E-state index < -0.39 is 10.0 Å². The van der Waals surface area contributed by atoms with Crippen molar-refractivity contribution in [3.05, 3.63) is 20.8 Å². The third kappa shape index (κ3) is 4.87. The van der Waals surface area contributed by atoms with Gasteiger partial charge in [0.2, 0.25) is 10.0 Å². The molecule has 0 aliphatic heterocycles. The normalized spacial score (nSPS) is 14.2. The second-order valence-corrected chi connectivity index (χ2v) is 8.77. The summed E-state index contributed by atoms with van der Waals surface area (Å²) in [7, 11) is -1.62. The fourth-order valence-electron chi connectivity index (χ4n) is 1.32. The largest absolute Gasteiger partial charge is 0.214 e. The lowest BCUT2D eigenvalue weighted by molar-refractivity contribution is 0.460. The van der Waals surface area contributed by atoms with Crippen LogP contribution in [-0.4, -0.2) is 31.4 Å². The molecule has 7 heteroatoms. The molecule has 0 aliphatic carbocycles. The molecule has 0 radical (unpaired) electrons. The zero-order valence-corrected chi connectivity index (χ0v) is 13.7. The average Bonchev–Trinajstić information content (AvgIpc) is 2.63. The van der Waals surface area contributed by atoms with Gasteiger partial charge >= 0.3 is 0 Å². The minimum absolute atomic E-state index is 0.0293. The maximum atomic E-state index is 12.0. The summed E-state index contributed by atoms with van der Waals surface area (Å²) in [5.41, 5.74) is 0.992. The molecule has 0 saturated heterocycles. The highest BCUT2D eigenvalue weighted by molar-refractivity contribution is 9.11. The van der Waals surface area contributed by atoms with Crippen molar-refractivity contribution in [3.63, 3.8) is 0 Å². The average molecular weight is 361 g/mol. The van der Waals surface area contributed by atoms with Gasteiger partial charge in [-0.25, -0.2) is 12.7 Å². The van der Waals surface area contributed by atoms with Crippen LogP contribution in [0.2, 0.25) is 0 Å². The van der Waals surface area contributed by atoms with E-state index >= 15 is 0 Å². The van der Waals surface area contributed by atoms with E-state index in [-0.39, 0.29) is 11.7 Å². The Kier molecular flexibility index (Phi) is 5.92. The van der Waals surface area contributed by atoms with Gasteiger partial charge in [0.1, 0.15) is 0 Å². The van der Waals surface area contributed by atoms with Crippen LogP contribution in [0.15, 0.2) is 15.2 Å². The molecule has 0 aliphatic rings. The molecule has 1 aromatic rings. The van der Waals surface area contributed by atoms with Crippen LogP contribution in [0.25, 0.3) is 0 Å². The highest BCUT2D eigenvalue weighted by atomic mass is 79.9. The number of alkyl halides is 1. The first-order valence-electron chi connectivity index (χ1n) is 5.08. The SMILES string of the molecule is CC(CCl)CS(=O)(=O)N(C)Cc1csc(Br)c1. The van der Waals surface area contributed by atoms with Crippen LogP contribution in [0.5, 0.6) is 0 Å². The molecule has 0 spiro atoms. The van der Waals surface area contributed by atoms with Crippen LogP contribution in [-0.2, 0) is 16.6 Å². The van der Waals surface area contributed by atoms with E-state index in [9.17, 15) is 8.42 Å². The second-order valence-electron chi connectivity index (χ2n) is 4.05. The fourth-order valence-corrected chi connectivity index (χ4v) is 4.19. The van der Waals surface area contributed by atoms with E-state index in [4.69, 9.17) is 11.6 Å². The highest BCUT2D eigenvalue weighted by Gasteiger charge is 2.21. The van der Waals surface area contributed by atoms with Crippen molar-refractivity contribution in [3.8, 4) is 0 Å². The lowest BCUT2D eigenvalue weighted by Crippen LogP contribution is -2.31. The van der Waals surface area contributed by atoms with E-state index in [1.165, 1.54) is 4.31 Å². The number of rotatable bonds is 6. The summed E-state index contributed by atoms with van der Waals surface area (Å²) in [5, 5.41) is 1.95. The molecule has 1 atom stereocenters. The number of halogens is 2. The topological polar surface area (TPSA) is 37.4 Å². The van der Waals surface area contributed by atoms with E-state index in [2.05, 4.69) is 15.9 Å². The Morgan fingerprint density at radius 1 is 1.59 bits per heavy atom. The Morgan fingerprint density at radius 3 is 2.71 bits per heavy atom. The third-order valence-corrected chi connectivity index (χ3v) is 6.41. The quantitative estimate of drug-likeness (QED) is 0.731. The summed E-state index contributed by atoms with van der Waals surface area (Å²) in [5.74, 6) is 0.424. The van der Waals surface area contributed by atoms with E-state index in [1.54, 1.807) is 18.4 Å². The third-order valence-electron chi connectivity index (χ3n) is 2.26. The predicted octanol–water partition coefficient (Wildman–Crippen LogP) is 3.15. The molecule has 0 fully saturated rings. The Hall–Kier alpha value is 0.380. The van der Waals surface area contributed by atoms with Crippen LogP contribution in [0.3, 0.4) is 0 Å². The molecule has 0 N–H and O–H groups in total. The van der Waals surface area contributed by atoms with E-state index in [1.807, 2.05) is 18.4 Å². The first-order chi connectivity index (χ1) is 7.85. The summed E-state index contributed by atoms with van der Waals surface area (Å²) >= 11 is 10.5. The Labute approximate surface area is 120 Å². The summed E-state index contributed by atoms with van der Waals surface area (Å²) in [6.07, 6.45) is 0. The van der Waals surface area contributed by atoms with Crippen molar-refractivity contribution < 1.29 is 8.42 Å². The molecule has 0 aromatic carbocycles. The maximum Gasteiger partial charge on any atom is 0.214 e. The number of hydrogen-bond acceptors (Lipinski definition) is 3. The number of hydrogen-bond donors (Lipinski definition) is 0. The summed E-state index contributed by atoms with van der Waals surface area (Å²) in [6.45, 7) is 2.24. The number of sulfonamides is 1. The smallest absolute Gasteiger partial charge is 0.212 e. The summed E-state index contributed by atoms with van der Waals surface area (Å²) in [4.78, 5) is 0. The Balaban J connectivity index is 2.66. The van der Waals surface area contributed by atoms with Gasteiger partial charge in [-0.1, -0.05) is 6.92 Å². The van der Waals surface area contributed by atoms with Gasteiger partial charge < -0.3 is 0 Å². The van der Waals surface area contributed by atoms with Crippen molar-refractivity contribution in [2.24, 2.45) is 5.92 Å². The monoisotopic (exact) mass is 359 g/mol. The van der Waals surface area contributed by atoms with Crippen molar-refractivity contribution in [2.75, 3.05) is 18.7 Å². The minimum atomic E-state index is -3.22. The van der Waals surface area contributed by atoms with Crippen LogP contribution in [0.4, 0.5) is 0 Å². The highest BCUT2D eigenvalue weighted by Crippen LogP contribution is 2.22. The molecular formula is C10H15BrClNO2S2. The number of nitrogens with zero attached hydrogens (tertiary/aromatic N) is 1. The van der Waals surface area contributed by atoms with Crippen molar-refractivity contribution >= 4 is 48.9 Å². The van der Waals surface area contributed by atoms with Crippen LogP contribution in [0.1, 0.15) is 12.5 Å². The fraction of sp³-hybridized carbons (Fsp3) is 0.600. The van der Waals surface area contributed by atoms with Gasteiger partial charge in [0.25, 0.3) is 0 Å². The van der Waals surface area contributed by atoms with Gasteiger partial charge in [-0.05, 0) is 38.9 Å². The zero-order chi connectivity index (χ0) is 13.1. The van der Waals surface area contributed by atoms with Crippen molar-refractivity contribution in [1.82, 2.24) is 4.31 Å². The Bertz CT molecular complexity index is 461. The molecule has 1 aromatic heterocycles. The molecule has 0 saturated carbocycles. The lowest BCUT2D eigenvalue weighted by atomic mass is 10.3. The summed E-state index contributed by atoms with van der Waals surface area (Å²) < 4.78 is 26.3. The summed E-state index contributed by atoms with van der Waals surface area (Å²) in [6, 6.07) is 1.93. The predicted molar refractivity (Wildman–Crippen MR) is 77.2 cm³/mol. The number of thiophene rings is 1. The van der Waals surface area contributed by atoms with Gasteiger partial charge in [0, 0.05) is 19.5 Å². The molecular weight excluding hydrogens is 346 g/mol.